The Kier molecular flexibility index (Phi) is 8.10. The molecule has 0 aliphatic carbocycles. The zero-order chi connectivity index (χ0) is 24.8. The predicted octanol–water partition coefficient (Wildman–Crippen LogP) is 3.22. The van der Waals surface area contributed by atoms with Crippen LogP contribution in [0.1, 0.15) is 19.4 Å². The van der Waals surface area contributed by atoms with Crippen molar-refractivity contribution in [3.8, 4) is 17.2 Å². The normalized spacial score (nSPS) is 14.7. The number of urea groups is 1. The Morgan fingerprint density at radius 3 is 2.35 bits per heavy atom. The Balaban J connectivity index is 1.97. The molecule has 0 spiro atoms. The molecule has 2 aromatic carbocycles. The Labute approximate surface area is 208 Å². The third-order valence-electron chi connectivity index (χ3n) is 4.49. The first-order chi connectivity index (χ1) is 16.2. The molecule has 1 fully saturated rings. The van der Waals surface area contributed by atoms with Crippen molar-refractivity contribution < 1.29 is 38.5 Å². The van der Waals surface area contributed by atoms with Gasteiger partial charge in [-0.25, -0.2) is 14.5 Å². The van der Waals surface area contributed by atoms with Crippen LogP contribution in [0, 0.1) is 3.57 Å². The van der Waals surface area contributed by atoms with Crippen molar-refractivity contribution in [3.63, 3.8) is 0 Å². The largest absolute Gasteiger partial charge is 0.494 e. The monoisotopic (exact) mass is 580 g/mol. The number of barbiturate groups is 1. The van der Waals surface area contributed by atoms with E-state index in [0.29, 0.717) is 21.5 Å². The van der Waals surface area contributed by atoms with Gasteiger partial charge in [0.25, 0.3) is 11.8 Å². The van der Waals surface area contributed by atoms with Gasteiger partial charge in [-0.15, -0.1) is 0 Å². The molecule has 0 bridgehead atoms. The SMILES string of the molecule is CCOc1ccc(N2C(=O)NC(=O)/C(=C\c3cc(I)c(OCC(=O)O)c(OCC)c3)C2=O)cc1. The highest BCUT2D eigenvalue weighted by Gasteiger charge is 2.37. The predicted molar refractivity (Wildman–Crippen MR) is 130 cm³/mol. The van der Waals surface area contributed by atoms with E-state index in [-0.39, 0.29) is 29.4 Å². The Hall–Kier alpha value is -3.61. The van der Waals surface area contributed by atoms with Gasteiger partial charge in [-0.1, -0.05) is 0 Å². The number of carbonyl (C=O) groups is 4. The highest BCUT2D eigenvalue weighted by atomic mass is 127. The third kappa shape index (κ3) is 5.65. The fraction of sp³-hybridized carbons (Fsp3) is 0.217. The van der Waals surface area contributed by atoms with Crippen molar-refractivity contribution in [2.45, 2.75) is 13.8 Å². The molecular weight excluding hydrogens is 559 g/mol. The number of anilines is 1. The van der Waals surface area contributed by atoms with Gasteiger partial charge >= 0.3 is 12.0 Å². The molecule has 3 rings (SSSR count). The minimum atomic E-state index is -1.15. The number of nitrogens with zero attached hydrogens (tertiary/aromatic N) is 1. The van der Waals surface area contributed by atoms with Crippen LogP contribution in [0.15, 0.2) is 42.0 Å². The molecule has 1 aliphatic heterocycles. The molecule has 0 saturated carbocycles. The van der Waals surface area contributed by atoms with Gasteiger partial charge in [0.2, 0.25) is 0 Å². The fourth-order valence-corrected chi connectivity index (χ4v) is 3.91. The number of rotatable bonds is 9. The Morgan fingerprint density at radius 1 is 1.06 bits per heavy atom. The maximum atomic E-state index is 13.1. The summed E-state index contributed by atoms with van der Waals surface area (Å²) in [5.74, 6) is -1.71. The van der Waals surface area contributed by atoms with E-state index >= 15 is 0 Å². The van der Waals surface area contributed by atoms with Gasteiger partial charge in [-0.3, -0.25) is 14.9 Å². The zero-order valence-corrected chi connectivity index (χ0v) is 20.5. The maximum Gasteiger partial charge on any atom is 0.341 e. The number of carboxylic acids is 1. The Bertz CT molecular complexity index is 1160. The number of nitrogens with one attached hydrogen (secondary N) is 1. The van der Waals surface area contributed by atoms with E-state index in [1.165, 1.54) is 12.1 Å². The van der Waals surface area contributed by atoms with Crippen LogP contribution in [0.3, 0.4) is 0 Å². The minimum absolute atomic E-state index is 0.234. The third-order valence-corrected chi connectivity index (χ3v) is 5.29. The topological polar surface area (TPSA) is 131 Å². The number of imide groups is 2. The molecule has 2 aromatic rings. The van der Waals surface area contributed by atoms with Crippen molar-refractivity contribution in [1.82, 2.24) is 5.32 Å². The molecule has 2 N–H and O–H groups in total. The number of halogens is 1. The van der Waals surface area contributed by atoms with E-state index in [1.54, 1.807) is 37.3 Å². The average molecular weight is 580 g/mol. The molecule has 10 nitrogen and oxygen atoms in total. The molecule has 1 saturated heterocycles. The number of aliphatic carboxylic acids is 1. The molecular formula is C23H21IN2O8. The van der Waals surface area contributed by atoms with Gasteiger partial charge < -0.3 is 19.3 Å². The van der Waals surface area contributed by atoms with E-state index in [4.69, 9.17) is 19.3 Å². The second kappa shape index (κ2) is 11.0. The van der Waals surface area contributed by atoms with Crippen LogP contribution in [-0.2, 0) is 14.4 Å². The van der Waals surface area contributed by atoms with Gasteiger partial charge in [0.1, 0.15) is 11.3 Å². The first-order valence-corrected chi connectivity index (χ1v) is 11.3. The van der Waals surface area contributed by atoms with Crippen molar-refractivity contribution in [2.75, 3.05) is 24.7 Å². The van der Waals surface area contributed by atoms with Crippen molar-refractivity contribution in [3.05, 3.63) is 51.1 Å². The Morgan fingerprint density at radius 2 is 1.74 bits per heavy atom. The lowest BCUT2D eigenvalue weighted by molar-refractivity contribution is -0.139. The van der Waals surface area contributed by atoms with E-state index in [0.717, 1.165) is 4.90 Å². The highest BCUT2D eigenvalue weighted by molar-refractivity contribution is 14.1. The first kappa shape index (κ1) is 25.0. The maximum absolute atomic E-state index is 13.1. The molecule has 1 aliphatic rings. The van der Waals surface area contributed by atoms with Crippen molar-refractivity contribution >= 4 is 58.2 Å². The number of benzene rings is 2. The van der Waals surface area contributed by atoms with Gasteiger partial charge in [-0.05, 0) is 84.5 Å². The first-order valence-electron chi connectivity index (χ1n) is 10.2. The lowest BCUT2D eigenvalue weighted by Crippen LogP contribution is -2.54. The second-order valence-corrected chi connectivity index (χ2v) is 7.99. The van der Waals surface area contributed by atoms with Gasteiger partial charge in [0, 0.05) is 0 Å². The summed E-state index contributed by atoms with van der Waals surface area (Å²) in [6, 6.07) is 8.58. The van der Waals surface area contributed by atoms with Crippen LogP contribution in [-0.4, -0.2) is 48.7 Å². The summed E-state index contributed by atoms with van der Waals surface area (Å²) in [4.78, 5) is 49.8. The summed E-state index contributed by atoms with van der Waals surface area (Å²) in [5.41, 5.74) is 0.437. The molecule has 1 heterocycles. The zero-order valence-electron chi connectivity index (χ0n) is 18.3. The lowest BCUT2D eigenvalue weighted by atomic mass is 10.1. The summed E-state index contributed by atoms with van der Waals surface area (Å²) >= 11 is 1.94. The van der Waals surface area contributed by atoms with Gasteiger partial charge in [0.05, 0.1) is 22.5 Å². The fourth-order valence-electron chi connectivity index (χ4n) is 3.12. The summed E-state index contributed by atoms with van der Waals surface area (Å²) in [6.07, 6.45) is 1.33. The van der Waals surface area contributed by atoms with E-state index < -0.39 is 30.4 Å². The van der Waals surface area contributed by atoms with Crippen LogP contribution in [0.25, 0.3) is 6.08 Å². The molecule has 11 heteroatoms. The highest BCUT2D eigenvalue weighted by Crippen LogP contribution is 2.35. The number of amides is 4. The number of carbonyl (C=O) groups excluding carboxylic acids is 3. The smallest absolute Gasteiger partial charge is 0.341 e. The summed E-state index contributed by atoms with van der Waals surface area (Å²) in [6.45, 7) is 3.76. The van der Waals surface area contributed by atoms with E-state index in [1.807, 2.05) is 29.5 Å². The summed E-state index contributed by atoms with van der Waals surface area (Å²) in [5, 5.41) is 11.1. The minimum Gasteiger partial charge on any atom is -0.494 e. The number of ether oxygens (including phenoxy) is 3. The van der Waals surface area contributed by atoms with Crippen molar-refractivity contribution in [2.24, 2.45) is 0 Å². The number of carboxylic acid groups (broad SMARTS) is 1. The van der Waals surface area contributed by atoms with E-state index in [9.17, 15) is 19.2 Å². The van der Waals surface area contributed by atoms with Gasteiger partial charge in [0.15, 0.2) is 18.1 Å². The molecule has 4 amide bonds. The van der Waals surface area contributed by atoms with Crippen LogP contribution in [0.4, 0.5) is 10.5 Å². The molecule has 0 atom stereocenters. The van der Waals surface area contributed by atoms with Crippen LogP contribution in [0.2, 0.25) is 0 Å². The standard InChI is InChI=1S/C23H21IN2O8/c1-3-32-15-7-5-14(6-8-15)26-22(30)16(21(29)25-23(26)31)9-13-10-17(24)20(34-12-19(27)28)18(11-13)33-4-2/h5-11H,3-4,12H2,1-2H3,(H,27,28)(H,25,29,31)/b16-9+. The van der Waals surface area contributed by atoms with Gasteiger partial charge in [-0.2, -0.15) is 0 Å². The summed E-state index contributed by atoms with van der Waals surface area (Å²) in [7, 11) is 0. The van der Waals surface area contributed by atoms with Crippen LogP contribution in [0.5, 0.6) is 17.2 Å². The second-order valence-electron chi connectivity index (χ2n) is 6.83. The van der Waals surface area contributed by atoms with Crippen molar-refractivity contribution in [1.29, 1.82) is 0 Å². The quantitative estimate of drug-likeness (QED) is 0.263. The molecule has 0 radical (unpaired) electrons. The number of hydrogen-bond donors (Lipinski definition) is 2. The molecule has 0 aromatic heterocycles. The molecule has 34 heavy (non-hydrogen) atoms. The lowest BCUT2D eigenvalue weighted by Gasteiger charge is -2.26. The van der Waals surface area contributed by atoms with E-state index in [2.05, 4.69) is 5.32 Å². The molecule has 0 unspecified atom stereocenters. The molecule has 178 valence electrons. The van der Waals surface area contributed by atoms with Crippen LogP contribution >= 0.6 is 22.6 Å². The number of hydrogen-bond acceptors (Lipinski definition) is 7. The summed E-state index contributed by atoms with van der Waals surface area (Å²) < 4.78 is 16.8. The van der Waals surface area contributed by atoms with Crippen LogP contribution < -0.4 is 24.4 Å². The average Bonchev–Trinajstić information content (AvgIpc) is 2.77.